The van der Waals surface area contributed by atoms with Gasteiger partial charge in [-0.3, -0.25) is 0 Å². The lowest BCUT2D eigenvalue weighted by atomic mass is 9.98. The van der Waals surface area contributed by atoms with Crippen molar-refractivity contribution in [2.45, 2.75) is 50.9 Å². The Bertz CT molecular complexity index is 424. The van der Waals surface area contributed by atoms with Gasteiger partial charge in [-0.15, -0.1) is 0 Å². The quantitative estimate of drug-likeness (QED) is 0.845. The SMILES string of the molecule is CCCNC(CC1CCCO1)c1ccc(C(F)(F)F)cc1. The van der Waals surface area contributed by atoms with Crippen LogP contribution in [0, 0.1) is 0 Å². The molecule has 2 atom stereocenters. The van der Waals surface area contributed by atoms with Crippen molar-refractivity contribution >= 4 is 0 Å². The Morgan fingerprint density at radius 3 is 2.52 bits per heavy atom. The number of hydrogen-bond donors (Lipinski definition) is 1. The van der Waals surface area contributed by atoms with E-state index >= 15 is 0 Å². The van der Waals surface area contributed by atoms with Gasteiger partial charge < -0.3 is 10.1 Å². The van der Waals surface area contributed by atoms with Crippen LogP contribution in [0.3, 0.4) is 0 Å². The Hall–Kier alpha value is -1.07. The third kappa shape index (κ3) is 4.71. The first kappa shape index (κ1) is 16.3. The Balaban J connectivity index is 2.07. The summed E-state index contributed by atoms with van der Waals surface area (Å²) in [7, 11) is 0. The molecule has 2 unspecified atom stereocenters. The van der Waals surface area contributed by atoms with Crippen LogP contribution in [0.15, 0.2) is 24.3 Å². The molecule has 1 aromatic carbocycles. The molecule has 0 aliphatic carbocycles. The molecular weight excluding hydrogens is 279 g/mol. The minimum atomic E-state index is -4.28. The van der Waals surface area contributed by atoms with Crippen molar-refractivity contribution in [3.05, 3.63) is 35.4 Å². The van der Waals surface area contributed by atoms with Crippen LogP contribution in [0.25, 0.3) is 0 Å². The number of hydrogen-bond acceptors (Lipinski definition) is 2. The number of ether oxygens (including phenoxy) is 1. The predicted molar refractivity (Wildman–Crippen MR) is 76.1 cm³/mol. The highest BCUT2D eigenvalue weighted by molar-refractivity contribution is 5.27. The predicted octanol–water partition coefficient (Wildman–Crippen LogP) is 4.32. The molecule has 2 rings (SSSR count). The van der Waals surface area contributed by atoms with Crippen molar-refractivity contribution in [1.29, 1.82) is 0 Å². The molecule has 0 amide bonds. The van der Waals surface area contributed by atoms with E-state index in [-0.39, 0.29) is 12.1 Å². The van der Waals surface area contributed by atoms with E-state index in [0.717, 1.165) is 56.5 Å². The van der Waals surface area contributed by atoms with Crippen LogP contribution in [0.4, 0.5) is 13.2 Å². The molecule has 21 heavy (non-hydrogen) atoms. The summed E-state index contributed by atoms with van der Waals surface area (Å²) in [6.07, 6.45) is -0.169. The van der Waals surface area contributed by atoms with Crippen LogP contribution in [0.1, 0.15) is 49.8 Å². The highest BCUT2D eigenvalue weighted by atomic mass is 19.4. The van der Waals surface area contributed by atoms with E-state index in [0.29, 0.717) is 0 Å². The fourth-order valence-electron chi connectivity index (χ4n) is 2.65. The second-order valence-corrected chi connectivity index (χ2v) is 5.50. The van der Waals surface area contributed by atoms with Crippen molar-refractivity contribution in [3.63, 3.8) is 0 Å². The monoisotopic (exact) mass is 301 g/mol. The van der Waals surface area contributed by atoms with E-state index in [2.05, 4.69) is 12.2 Å². The van der Waals surface area contributed by atoms with E-state index in [1.54, 1.807) is 12.1 Å². The summed E-state index contributed by atoms with van der Waals surface area (Å²) in [4.78, 5) is 0. The van der Waals surface area contributed by atoms with Gasteiger partial charge in [0.2, 0.25) is 0 Å². The minimum Gasteiger partial charge on any atom is -0.378 e. The van der Waals surface area contributed by atoms with E-state index < -0.39 is 11.7 Å². The van der Waals surface area contributed by atoms with Gasteiger partial charge in [0, 0.05) is 12.6 Å². The first-order valence-corrected chi connectivity index (χ1v) is 7.53. The lowest BCUT2D eigenvalue weighted by Crippen LogP contribution is -2.26. The largest absolute Gasteiger partial charge is 0.416 e. The molecule has 0 saturated carbocycles. The summed E-state index contributed by atoms with van der Waals surface area (Å²) >= 11 is 0. The normalized spacial score (nSPS) is 20.7. The summed E-state index contributed by atoms with van der Waals surface area (Å²) in [5.74, 6) is 0. The first-order valence-electron chi connectivity index (χ1n) is 7.53. The molecule has 0 spiro atoms. The maximum Gasteiger partial charge on any atom is 0.416 e. The van der Waals surface area contributed by atoms with E-state index in [1.165, 1.54) is 0 Å². The Morgan fingerprint density at radius 1 is 1.29 bits per heavy atom. The zero-order chi connectivity index (χ0) is 15.3. The number of halogens is 3. The summed E-state index contributed by atoms with van der Waals surface area (Å²) in [5, 5.41) is 3.41. The van der Waals surface area contributed by atoms with Crippen molar-refractivity contribution in [2.24, 2.45) is 0 Å². The van der Waals surface area contributed by atoms with Gasteiger partial charge in [-0.2, -0.15) is 13.2 Å². The molecule has 1 fully saturated rings. The summed E-state index contributed by atoms with van der Waals surface area (Å²) in [6.45, 7) is 3.71. The molecule has 1 saturated heterocycles. The molecule has 5 heteroatoms. The third-order valence-corrected chi connectivity index (χ3v) is 3.80. The summed E-state index contributed by atoms with van der Waals surface area (Å²) in [6, 6.07) is 5.52. The zero-order valence-electron chi connectivity index (χ0n) is 12.2. The van der Waals surface area contributed by atoms with Crippen LogP contribution in [-0.2, 0) is 10.9 Å². The van der Waals surface area contributed by atoms with Crippen LogP contribution >= 0.6 is 0 Å². The molecule has 1 heterocycles. The number of benzene rings is 1. The van der Waals surface area contributed by atoms with Gasteiger partial charge in [-0.25, -0.2) is 0 Å². The zero-order valence-corrected chi connectivity index (χ0v) is 12.2. The maximum atomic E-state index is 12.6. The Morgan fingerprint density at radius 2 is 2.00 bits per heavy atom. The van der Waals surface area contributed by atoms with Gasteiger partial charge in [-0.1, -0.05) is 19.1 Å². The van der Waals surface area contributed by atoms with Crippen LogP contribution in [0.2, 0.25) is 0 Å². The summed E-state index contributed by atoms with van der Waals surface area (Å²) in [5.41, 5.74) is 0.296. The molecule has 0 radical (unpaired) electrons. The average Bonchev–Trinajstić information content (AvgIpc) is 2.95. The van der Waals surface area contributed by atoms with Crippen LogP contribution in [-0.4, -0.2) is 19.3 Å². The molecule has 2 nitrogen and oxygen atoms in total. The highest BCUT2D eigenvalue weighted by Crippen LogP contribution is 2.31. The molecule has 118 valence electrons. The molecule has 0 aromatic heterocycles. The number of alkyl halides is 3. The van der Waals surface area contributed by atoms with Gasteiger partial charge >= 0.3 is 6.18 Å². The van der Waals surface area contributed by atoms with E-state index in [4.69, 9.17) is 4.74 Å². The van der Waals surface area contributed by atoms with Gasteiger partial charge in [0.05, 0.1) is 11.7 Å². The maximum absolute atomic E-state index is 12.6. The van der Waals surface area contributed by atoms with Crippen LogP contribution < -0.4 is 5.32 Å². The standard InChI is InChI=1S/C16H22F3NO/c1-2-9-20-15(11-14-4-3-10-21-14)12-5-7-13(8-6-12)16(17,18)19/h5-8,14-15,20H,2-4,9-11H2,1H3. The van der Waals surface area contributed by atoms with E-state index in [1.807, 2.05) is 0 Å². The molecule has 1 aliphatic heterocycles. The van der Waals surface area contributed by atoms with E-state index in [9.17, 15) is 13.2 Å². The van der Waals surface area contributed by atoms with Gasteiger partial charge in [0.25, 0.3) is 0 Å². The van der Waals surface area contributed by atoms with Crippen molar-refractivity contribution < 1.29 is 17.9 Å². The fraction of sp³-hybridized carbons (Fsp3) is 0.625. The average molecular weight is 301 g/mol. The van der Waals surface area contributed by atoms with Crippen molar-refractivity contribution in [3.8, 4) is 0 Å². The minimum absolute atomic E-state index is 0.0512. The second kappa shape index (κ2) is 7.27. The molecule has 0 bridgehead atoms. The van der Waals surface area contributed by atoms with Gasteiger partial charge in [0.15, 0.2) is 0 Å². The lowest BCUT2D eigenvalue weighted by molar-refractivity contribution is -0.137. The molecular formula is C16H22F3NO. The van der Waals surface area contributed by atoms with Gasteiger partial charge in [0.1, 0.15) is 0 Å². The number of rotatable bonds is 6. The molecule has 1 aromatic rings. The Kier molecular flexibility index (Phi) is 5.65. The smallest absolute Gasteiger partial charge is 0.378 e. The third-order valence-electron chi connectivity index (χ3n) is 3.80. The molecule has 1 N–H and O–H groups in total. The van der Waals surface area contributed by atoms with Crippen molar-refractivity contribution in [1.82, 2.24) is 5.32 Å². The van der Waals surface area contributed by atoms with Crippen molar-refractivity contribution in [2.75, 3.05) is 13.2 Å². The lowest BCUT2D eigenvalue weighted by Gasteiger charge is -2.22. The highest BCUT2D eigenvalue weighted by Gasteiger charge is 2.30. The fourth-order valence-corrected chi connectivity index (χ4v) is 2.65. The number of nitrogens with one attached hydrogen (secondary N) is 1. The van der Waals surface area contributed by atoms with Gasteiger partial charge in [-0.05, 0) is 49.9 Å². The molecule has 1 aliphatic rings. The van der Waals surface area contributed by atoms with Crippen LogP contribution in [0.5, 0.6) is 0 Å². The topological polar surface area (TPSA) is 21.3 Å². The Labute approximate surface area is 123 Å². The summed E-state index contributed by atoms with van der Waals surface area (Å²) < 4.78 is 43.5. The second-order valence-electron chi connectivity index (χ2n) is 5.50. The first-order chi connectivity index (χ1) is 10.0.